The Morgan fingerprint density at radius 1 is 1.07 bits per heavy atom. The molecular formula is C19H20N2O5S. The SMILES string of the molecule is O=C(Nc1ncc(C(=O)O)s1)c1cc(OCC2CC2)cc(OCC2CC2)c1. The number of thiazole rings is 1. The van der Waals surface area contributed by atoms with Gasteiger partial charge in [0.25, 0.3) is 5.91 Å². The molecule has 8 heteroatoms. The van der Waals surface area contributed by atoms with Crippen LogP contribution in [0, 0.1) is 11.8 Å². The fraction of sp³-hybridized carbons (Fsp3) is 0.421. The fourth-order valence-electron chi connectivity index (χ4n) is 2.47. The minimum absolute atomic E-state index is 0.0697. The topological polar surface area (TPSA) is 97.8 Å². The van der Waals surface area contributed by atoms with E-state index in [0.29, 0.717) is 42.1 Å². The fourth-order valence-corrected chi connectivity index (χ4v) is 3.12. The Kier molecular flexibility index (Phi) is 4.98. The number of hydrogen-bond acceptors (Lipinski definition) is 6. The Morgan fingerprint density at radius 2 is 1.67 bits per heavy atom. The van der Waals surface area contributed by atoms with E-state index in [2.05, 4.69) is 10.3 Å². The molecule has 0 radical (unpaired) electrons. The molecule has 2 aliphatic rings. The highest BCUT2D eigenvalue weighted by Crippen LogP contribution is 2.33. The maximum absolute atomic E-state index is 12.6. The smallest absolute Gasteiger partial charge is 0.347 e. The number of nitrogens with zero attached hydrogens (tertiary/aromatic N) is 1. The van der Waals surface area contributed by atoms with Crippen LogP contribution in [0.3, 0.4) is 0 Å². The number of carboxylic acid groups (broad SMARTS) is 1. The van der Waals surface area contributed by atoms with E-state index in [0.717, 1.165) is 11.3 Å². The number of aromatic carboxylic acids is 1. The zero-order valence-corrected chi connectivity index (χ0v) is 15.5. The molecule has 2 aromatic rings. The Bertz CT molecular complexity index is 823. The summed E-state index contributed by atoms with van der Waals surface area (Å²) in [6.45, 7) is 1.28. The maximum atomic E-state index is 12.6. The molecule has 2 saturated carbocycles. The number of rotatable bonds is 9. The standard InChI is InChI=1S/C19H20N2O5S/c22-17(21-19-20-8-16(27-19)18(23)24)13-5-14(25-9-11-1-2-11)7-15(6-13)26-10-12-3-4-12/h5-8,11-12H,1-4,9-10H2,(H,23,24)(H,20,21,22). The molecule has 0 bridgehead atoms. The summed E-state index contributed by atoms with van der Waals surface area (Å²) in [7, 11) is 0. The number of nitrogens with one attached hydrogen (secondary N) is 1. The number of carbonyl (C=O) groups excluding carboxylic acids is 1. The summed E-state index contributed by atoms with van der Waals surface area (Å²) in [4.78, 5) is 27.5. The van der Waals surface area contributed by atoms with Crippen molar-refractivity contribution in [2.75, 3.05) is 18.5 Å². The number of hydrogen-bond donors (Lipinski definition) is 2. The largest absolute Gasteiger partial charge is 0.493 e. The molecule has 142 valence electrons. The molecule has 1 aromatic heterocycles. The molecule has 0 atom stereocenters. The molecule has 1 aromatic carbocycles. The monoisotopic (exact) mass is 388 g/mol. The number of benzene rings is 1. The van der Waals surface area contributed by atoms with Crippen molar-refractivity contribution in [3.63, 3.8) is 0 Å². The summed E-state index contributed by atoms with van der Waals surface area (Å²) in [6, 6.07) is 5.16. The number of ether oxygens (including phenoxy) is 2. The molecule has 0 saturated heterocycles. The van der Waals surface area contributed by atoms with E-state index < -0.39 is 5.97 Å². The molecule has 7 nitrogen and oxygen atoms in total. The van der Waals surface area contributed by atoms with Crippen molar-refractivity contribution in [3.05, 3.63) is 34.8 Å². The summed E-state index contributed by atoms with van der Waals surface area (Å²) in [5.74, 6) is 0.955. The van der Waals surface area contributed by atoms with Crippen LogP contribution in [0.2, 0.25) is 0 Å². The summed E-state index contributed by atoms with van der Waals surface area (Å²) in [6.07, 6.45) is 5.95. The average Bonchev–Trinajstić information content (AvgIpc) is 3.58. The predicted octanol–water partition coefficient (Wildman–Crippen LogP) is 3.67. The third-order valence-electron chi connectivity index (χ3n) is 4.44. The molecule has 1 amide bonds. The highest BCUT2D eigenvalue weighted by molar-refractivity contribution is 7.17. The Morgan fingerprint density at radius 3 is 2.15 bits per heavy atom. The molecule has 0 aliphatic heterocycles. The van der Waals surface area contributed by atoms with Gasteiger partial charge in [0.1, 0.15) is 16.4 Å². The normalized spacial score (nSPS) is 16.0. The number of anilines is 1. The van der Waals surface area contributed by atoms with Gasteiger partial charge in [-0.3, -0.25) is 10.1 Å². The van der Waals surface area contributed by atoms with E-state index in [-0.39, 0.29) is 15.9 Å². The van der Waals surface area contributed by atoms with Crippen molar-refractivity contribution in [2.24, 2.45) is 11.8 Å². The van der Waals surface area contributed by atoms with E-state index in [1.165, 1.54) is 31.9 Å². The van der Waals surface area contributed by atoms with Crippen LogP contribution in [0.15, 0.2) is 24.4 Å². The number of amides is 1. The third-order valence-corrected chi connectivity index (χ3v) is 5.35. The molecule has 0 unspecified atom stereocenters. The first-order valence-corrected chi connectivity index (χ1v) is 9.79. The van der Waals surface area contributed by atoms with Gasteiger partial charge in [0, 0.05) is 11.6 Å². The zero-order valence-electron chi connectivity index (χ0n) is 14.6. The maximum Gasteiger partial charge on any atom is 0.347 e. The van der Waals surface area contributed by atoms with Crippen molar-refractivity contribution in [1.82, 2.24) is 4.98 Å². The molecule has 27 heavy (non-hydrogen) atoms. The molecule has 4 rings (SSSR count). The predicted molar refractivity (Wildman–Crippen MR) is 99.9 cm³/mol. The number of aromatic nitrogens is 1. The van der Waals surface area contributed by atoms with Gasteiger partial charge >= 0.3 is 5.97 Å². The second-order valence-corrected chi connectivity index (χ2v) is 8.02. The summed E-state index contributed by atoms with van der Waals surface area (Å²) in [5.41, 5.74) is 0.390. The Balaban J connectivity index is 1.48. The van der Waals surface area contributed by atoms with Crippen LogP contribution in [0.1, 0.15) is 45.7 Å². The third kappa shape index (κ3) is 4.97. The average molecular weight is 388 g/mol. The van der Waals surface area contributed by atoms with E-state index in [9.17, 15) is 9.59 Å². The van der Waals surface area contributed by atoms with Gasteiger partial charge in [0.05, 0.1) is 19.4 Å². The lowest BCUT2D eigenvalue weighted by atomic mass is 10.2. The quantitative estimate of drug-likeness (QED) is 0.680. The lowest BCUT2D eigenvalue weighted by molar-refractivity contribution is 0.0701. The lowest BCUT2D eigenvalue weighted by Gasteiger charge is -2.12. The Hall–Kier alpha value is -2.61. The number of carboxylic acids is 1. The summed E-state index contributed by atoms with van der Waals surface area (Å²) >= 11 is 0.912. The van der Waals surface area contributed by atoms with Gasteiger partial charge < -0.3 is 14.6 Å². The van der Waals surface area contributed by atoms with Crippen molar-refractivity contribution >= 4 is 28.3 Å². The lowest BCUT2D eigenvalue weighted by Crippen LogP contribution is -2.12. The first-order valence-electron chi connectivity index (χ1n) is 8.98. The van der Waals surface area contributed by atoms with Crippen LogP contribution in [0.5, 0.6) is 11.5 Å². The highest BCUT2D eigenvalue weighted by Gasteiger charge is 2.24. The van der Waals surface area contributed by atoms with Crippen LogP contribution in [-0.2, 0) is 0 Å². The van der Waals surface area contributed by atoms with Crippen molar-refractivity contribution < 1.29 is 24.2 Å². The van der Waals surface area contributed by atoms with Gasteiger partial charge in [-0.1, -0.05) is 11.3 Å². The summed E-state index contributed by atoms with van der Waals surface area (Å²) in [5, 5.41) is 11.8. The molecule has 0 spiro atoms. The van der Waals surface area contributed by atoms with Crippen LogP contribution < -0.4 is 14.8 Å². The van der Waals surface area contributed by atoms with Crippen molar-refractivity contribution in [1.29, 1.82) is 0 Å². The van der Waals surface area contributed by atoms with Gasteiger partial charge in [-0.2, -0.15) is 0 Å². The van der Waals surface area contributed by atoms with Gasteiger partial charge in [0.2, 0.25) is 0 Å². The molecule has 1 heterocycles. The van der Waals surface area contributed by atoms with Gasteiger partial charge in [-0.05, 0) is 49.7 Å². The van der Waals surface area contributed by atoms with Gasteiger partial charge in [-0.25, -0.2) is 9.78 Å². The first kappa shape index (κ1) is 17.8. The van der Waals surface area contributed by atoms with Gasteiger partial charge in [0.15, 0.2) is 5.13 Å². The van der Waals surface area contributed by atoms with Crippen molar-refractivity contribution in [2.45, 2.75) is 25.7 Å². The minimum atomic E-state index is -1.07. The summed E-state index contributed by atoms with van der Waals surface area (Å²) < 4.78 is 11.6. The highest BCUT2D eigenvalue weighted by atomic mass is 32.1. The molecule has 2 N–H and O–H groups in total. The van der Waals surface area contributed by atoms with Crippen molar-refractivity contribution in [3.8, 4) is 11.5 Å². The second kappa shape index (κ2) is 7.56. The number of carbonyl (C=O) groups is 2. The molecule has 2 aliphatic carbocycles. The molecule has 2 fully saturated rings. The van der Waals surface area contributed by atoms with Gasteiger partial charge in [-0.15, -0.1) is 0 Å². The zero-order chi connectivity index (χ0) is 18.8. The minimum Gasteiger partial charge on any atom is -0.493 e. The van der Waals surface area contributed by atoms with E-state index in [4.69, 9.17) is 14.6 Å². The van der Waals surface area contributed by atoms with E-state index in [1.807, 2.05) is 6.07 Å². The van der Waals surface area contributed by atoms with E-state index in [1.54, 1.807) is 12.1 Å². The first-order chi connectivity index (χ1) is 13.1. The van der Waals surface area contributed by atoms with Crippen LogP contribution in [0.4, 0.5) is 5.13 Å². The van der Waals surface area contributed by atoms with E-state index >= 15 is 0 Å². The van der Waals surface area contributed by atoms with Crippen LogP contribution >= 0.6 is 11.3 Å². The second-order valence-electron chi connectivity index (χ2n) is 6.99. The van der Waals surface area contributed by atoms with Crippen LogP contribution in [0.25, 0.3) is 0 Å². The van der Waals surface area contributed by atoms with Crippen LogP contribution in [-0.4, -0.2) is 35.2 Å². The Labute approximate surface area is 160 Å². The molecular weight excluding hydrogens is 368 g/mol.